The van der Waals surface area contributed by atoms with Crippen molar-refractivity contribution < 1.29 is 13.6 Å². The second-order valence-electron chi connectivity index (χ2n) is 3.31. The van der Waals surface area contributed by atoms with Crippen molar-refractivity contribution >= 4 is 29.3 Å². The van der Waals surface area contributed by atoms with E-state index in [4.69, 9.17) is 11.6 Å². The van der Waals surface area contributed by atoms with E-state index in [-0.39, 0.29) is 11.3 Å². The molecule has 0 N–H and O–H groups in total. The zero-order valence-electron chi connectivity index (χ0n) is 7.72. The third-order valence-electron chi connectivity index (χ3n) is 2.23. The van der Waals surface area contributed by atoms with Crippen molar-refractivity contribution in [3.8, 4) is 0 Å². The Morgan fingerprint density at radius 2 is 2.13 bits per heavy atom. The van der Waals surface area contributed by atoms with E-state index in [9.17, 15) is 13.6 Å². The number of aliphatic imine (C=N–C) groups is 1. The number of hydrogen-bond acceptors (Lipinski definition) is 2. The van der Waals surface area contributed by atoms with Gasteiger partial charge in [-0.1, -0.05) is 18.5 Å². The van der Waals surface area contributed by atoms with Crippen molar-refractivity contribution in [1.29, 1.82) is 0 Å². The molecular weight excluding hydrogens is 224 g/mol. The fourth-order valence-electron chi connectivity index (χ4n) is 1.42. The number of rotatable bonds is 0. The van der Waals surface area contributed by atoms with Gasteiger partial charge < -0.3 is 0 Å². The molecule has 1 aromatic carbocycles. The Labute approximate surface area is 89.6 Å². The molecule has 0 fully saturated rings. The van der Waals surface area contributed by atoms with Crippen LogP contribution in [0.25, 0.3) is 0 Å². The van der Waals surface area contributed by atoms with Gasteiger partial charge in [0.05, 0.1) is 16.5 Å². The first-order valence-corrected chi connectivity index (χ1v) is 4.66. The molecule has 1 aliphatic heterocycles. The van der Waals surface area contributed by atoms with E-state index in [1.54, 1.807) is 6.92 Å². The van der Waals surface area contributed by atoms with Gasteiger partial charge in [-0.05, 0) is 6.07 Å². The van der Waals surface area contributed by atoms with Crippen LogP contribution in [0.3, 0.4) is 0 Å². The highest BCUT2D eigenvalue weighted by molar-refractivity contribution is 6.31. The molecule has 78 valence electrons. The first-order chi connectivity index (χ1) is 7.02. The quantitative estimate of drug-likeness (QED) is 0.629. The van der Waals surface area contributed by atoms with Crippen molar-refractivity contribution in [3.63, 3.8) is 0 Å². The van der Waals surface area contributed by atoms with Crippen LogP contribution in [-0.4, -0.2) is 12.0 Å². The fraction of sp³-hybridized carbons (Fsp3) is 0.200. The molecule has 1 unspecified atom stereocenters. The number of nitrogens with zero attached hydrogens (tertiary/aromatic N) is 1. The predicted octanol–water partition coefficient (Wildman–Crippen LogP) is 3.15. The number of fused-ring (bicyclic) bond motifs is 1. The van der Waals surface area contributed by atoms with Gasteiger partial charge in [-0.2, -0.15) is 0 Å². The number of Topliss-reactive ketones (excluding diaryl/α,β-unsaturated/α-hetero) is 1. The lowest BCUT2D eigenvalue weighted by atomic mass is 9.95. The molecule has 0 saturated carbocycles. The Morgan fingerprint density at radius 1 is 1.47 bits per heavy atom. The zero-order chi connectivity index (χ0) is 11.2. The lowest BCUT2D eigenvalue weighted by Gasteiger charge is -2.15. The van der Waals surface area contributed by atoms with Gasteiger partial charge in [0.25, 0.3) is 0 Å². The van der Waals surface area contributed by atoms with E-state index in [0.29, 0.717) is 0 Å². The SMILES string of the molecule is CC1C=Nc2c(F)cc(Cl)c(F)c2C1=O. The molecule has 0 aliphatic carbocycles. The summed E-state index contributed by atoms with van der Waals surface area (Å²) in [7, 11) is 0. The minimum absolute atomic E-state index is 0.264. The van der Waals surface area contributed by atoms with Crippen molar-refractivity contribution in [3.05, 3.63) is 28.3 Å². The maximum Gasteiger partial charge on any atom is 0.176 e. The largest absolute Gasteiger partial charge is 0.293 e. The summed E-state index contributed by atoms with van der Waals surface area (Å²) in [6, 6.07) is 0.816. The highest BCUT2D eigenvalue weighted by atomic mass is 35.5. The van der Waals surface area contributed by atoms with Crippen LogP contribution in [0, 0.1) is 17.6 Å². The summed E-state index contributed by atoms with van der Waals surface area (Å²) in [6.07, 6.45) is 1.29. The van der Waals surface area contributed by atoms with Crippen LogP contribution in [0.5, 0.6) is 0 Å². The standard InChI is InChI=1S/C10H6ClF2NO/c1-4-3-14-9-6(12)2-5(11)8(13)7(9)10(4)15/h2-4H,1H3. The molecule has 0 saturated heterocycles. The number of halogens is 3. The topological polar surface area (TPSA) is 29.4 Å². The monoisotopic (exact) mass is 229 g/mol. The van der Waals surface area contributed by atoms with E-state index in [2.05, 4.69) is 4.99 Å². The molecule has 0 amide bonds. The molecule has 5 heteroatoms. The average Bonchev–Trinajstić information content (AvgIpc) is 2.19. The van der Waals surface area contributed by atoms with E-state index in [0.717, 1.165) is 6.07 Å². The summed E-state index contributed by atoms with van der Waals surface area (Å²) in [5.74, 6) is -2.74. The average molecular weight is 230 g/mol. The number of carbonyl (C=O) groups is 1. The van der Waals surface area contributed by atoms with Gasteiger partial charge in [-0.15, -0.1) is 0 Å². The maximum absolute atomic E-state index is 13.5. The molecule has 1 aromatic rings. The molecule has 1 heterocycles. The molecule has 1 aliphatic rings. The normalized spacial score (nSPS) is 19.2. The summed E-state index contributed by atoms with van der Waals surface area (Å²) < 4.78 is 26.8. The summed E-state index contributed by atoms with van der Waals surface area (Å²) in [5.41, 5.74) is -0.616. The Morgan fingerprint density at radius 3 is 2.80 bits per heavy atom. The highest BCUT2D eigenvalue weighted by Crippen LogP contribution is 2.34. The Balaban J connectivity index is 2.78. The predicted molar refractivity (Wildman–Crippen MR) is 53.0 cm³/mol. The second-order valence-corrected chi connectivity index (χ2v) is 3.72. The summed E-state index contributed by atoms with van der Waals surface area (Å²) in [6.45, 7) is 1.56. The second kappa shape index (κ2) is 3.38. The summed E-state index contributed by atoms with van der Waals surface area (Å²) in [4.78, 5) is 15.3. The van der Waals surface area contributed by atoms with E-state index in [1.807, 2.05) is 0 Å². The van der Waals surface area contributed by atoms with Crippen LogP contribution >= 0.6 is 11.6 Å². The zero-order valence-corrected chi connectivity index (χ0v) is 8.48. The van der Waals surface area contributed by atoms with Crippen LogP contribution < -0.4 is 0 Å². The van der Waals surface area contributed by atoms with E-state index in [1.165, 1.54) is 6.21 Å². The van der Waals surface area contributed by atoms with Crippen molar-refractivity contribution in [2.75, 3.05) is 0 Å². The summed E-state index contributed by atoms with van der Waals surface area (Å²) in [5, 5.41) is -0.399. The third-order valence-corrected chi connectivity index (χ3v) is 2.51. The number of benzene rings is 1. The van der Waals surface area contributed by atoms with Crippen LogP contribution in [0.15, 0.2) is 11.1 Å². The van der Waals surface area contributed by atoms with Gasteiger partial charge in [0.2, 0.25) is 0 Å². The number of ketones is 1. The van der Waals surface area contributed by atoms with Crippen molar-refractivity contribution in [1.82, 2.24) is 0 Å². The van der Waals surface area contributed by atoms with Gasteiger partial charge in [-0.3, -0.25) is 9.79 Å². The molecule has 0 aromatic heterocycles. The minimum Gasteiger partial charge on any atom is -0.293 e. The van der Waals surface area contributed by atoms with E-state index < -0.39 is 28.4 Å². The van der Waals surface area contributed by atoms with Gasteiger partial charge in [0, 0.05) is 6.21 Å². The van der Waals surface area contributed by atoms with Crippen molar-refractivity contribution in [2.45, 2.75) is 6.92 Å². The Hall–Kier alpha value is -1.29. The molecule has 1 atom stereocenters. The van der Waals surface area contributed by atoms with Crippen LogP contribution in [0.2, 0.25) is 5.02 Å². The smallest absolute Gasteiger partial charge is 0.176 e. The van der Waals surface area contributed by atoms with Gasteiger partial charge in [0.15, 0.2) is 17.4 Å². The van der Waals surface area contributed by atoms with Crippen LogP contribution in [-0.2, 0) is 0 Å². The lowest BCUT2D eigenvalue weighted by Crippen LogP contribution is -2.18. The molecule has 0 bridgehead atoms. The third kappa shape index (κ3) is 1.45. The van der Waals surface area contributed by atoms with Crippen molar-refractivity contribution in [2.24, 2.45) is 10.9 Å². The fourth-order valence-corrected chi connectivity index (χ4v) is 1.61. The van der Waals surface area contributed by atoms with Gasteiger partial charge in [-0.25, -0.2) is 8.78 Å². The lowest BCUT2D eigenvalue weighted by molar-refractivity contribution is 0.0958. The highest BCUT2D eigenvalue weighted by Gasteiger charge is 2.28. The first kappa shape index (κ1) is 10.2. The number of hydrogen-bond donors (Lipinski definition) is 0. The Bertz CT molecular complexity index is 485. The molecule has 15 heavy (non-hydrogen) atoms. The molecule has 2 rings (SSSR count). The van der Waals surface area contributed by atoms with Gasteiger partial charge in [0.1, 0.15) is 5.69 Å². The molecular formula is C10H6ClF2NO. The van der Waals surface area contributed by atoms with Crippen LogP contribution in [0.4, 0.5) is 14.5 Å². The molecule has 2 nitrogen and oxygen atoms in total. The molecule has 0 radical (unpaired) electrons. The number of carbonyl (C=O) groups excluding carboxylic acids is 1. The first-order valence-electron chi connectivity index (χ1n) is 4.28. The Kier molecular flexibility index (Phi) is 2.31. The summed E-state index contributed by atoms with van der Waals surface area (Å²) >= 11 is 5.44. The maximum atomic E-state index is 13.5. The van der Waals surface area contributed by atoms with Crippen LogP contribution in [0.1, 0.15) is 17.3 Å². The van der Waals surface area contributed by atoms with E-state index >= 15 is 0 Å². The van der Waals surface area contributed by atoms with Gasteiger partial charge >= 0.3 is 0 Å². The molecule has 0 spiro atoms. The minimum atomic E-state index is -0.901.